The van der Waals surface area contributed by atoms with E-state index in [4.69, 9.17) is 16.9 Å². The standard InChI is InChI=1S/C15H19ClN2/c1-10-3-6-15(11(2)7-10)18-13-4-5-14(16)12(8-13)9-17/h4-5,8,10-11,15,18H,3,6-7H2,1-2H3. The lowest BCUT2D eigenvalue weighted by Crippen LogP contribution is -2.32. The Labute approximate surface area is 114 Å². The molecule has 0 saturated heterocycles. The Morgan fingerprint density at radius 2 is 2.11 bits per heavy atom. The summed E-state index contributed by atoms with van der Waals surface area (Å²) in [7, 11) is 0. The Bertz CT molecular complexity index is 464. The molecule has 2 nitrogen and oxygen atoms in total. The molecule has 1 fully saturated rings. The Balaban J connectivity index is 2.08. The van der Waals surface area contributed by atoms with Gasteiger partial charge in [-0.05, 0) is 49.3 Å². The second-order valence-electron chi connectivity index (χ2n) is 5.45. The summed E-state index contributed by atoms with van der Waals surface area (Å²) in [5, 5.41) is 13.0. The van der Waals surface area contributed by atoms with Gasteiger partial charge in [0, 0.05) is 11.7 Å². The van der Waals surface area contributed by atoms with Crippen molar-refractivity contribution in [2.45, 2.75) is 39.2 Å². The number of benzene rings is 1. The van der Waals surface area contributed by atoms with Gasteiger partial charge in [0.2, 0.25) is 0 Å². The van der Waals surface area contributed by atoms with Crippen molar-refractivity contribution in [1.29, 1.82) is 5.26 Å². The average molecular weight is 263 g/mol. The molecule has 0 heterocycles. The maximum absolute atomic E-state index is 8.97. The van der Waals surface area contributed by atoms with Crippen LogP contribution in [0, 0.1) is 23.2 Å². The third-order valence-electron chi connectivity index (χ3n) is 3.87. The van der Waals surface area contributed by atoms with Gasteiger partial charge in [-0.3, -0.25) is 0 Å². The zero-order chi connectivity index (χ0) is 13.1. The first-order valence-corrected chi connectivity index (χ1v) is 6.94. The van der Waals surface area contributed by atoms with Crippen LogP contribution in [-0.2, 0) is 0 Å². The molecule has 1 aliphatic rings. The van der Waals surface area contributed by atoms with Crippen LogP contribution in [0.15, 0.2) is 18.2 Å². The van der Waals surface area contributed by atoms with Crippen LogP contribution in [0.4, 0.5) is 5.69 Å². The summed E-state index contributed by atoms with van der Waals surface area (Å²) in [6.07, 6.45) is 3.75. The first-order valence-electron chi connectivity index (χ1n) is 6.56. The van der Waals surface area contributed by atoms with Gasteiger partial charge in [0.1, 0.15) is 6.07 Å². The smallest absolute Gasteiger partial charge is 0.101 e. The lowest BCUT2D eigenvalue weighted by atomic mass is 9.80. The highest BCUT2D eigenvalue weighted by molar-refractivity contribution is 6.31. The van der Waals surface area contributed by atoms with Gasteiger partial charge in [0.15, 0.2) is 0 Å². The summed E-state index contributed by atoms with van der Waals surface area (Å²) in [6.45, 7) is 4.62. The lowest BCUT2D eigenvalue weighted by molar-refractivity contribution is 0.276. The van der Waals surface area contributed by atoms with E-state index in [2.05, 4.69) is 25.2 Å². The van der Waals surface area contributed by atoms with Crippen molar-refractivity contribution in [3.05, 3.63) is 28.8 Å². The fourth-order valence-corrected chi connectivity index (χ4v) is 2.95. The number of nitriles is 1. The summed E-state index contributed by atoms with van der Waals surface area (Å²) >= 11 is 5.94. The van der Waals surface area contributed by atoms with E-state index in [1.165, 1.54) is 19.3 Å². The van der Waals surface area contributed by atoms with Crippen molar-refractivity contribution < 1.29 is 0 Å². The van der Waals surface area contributed by atoms with E-state index in [0.717, 1.165) is 11.6 Å². The molecule has 1 aromatic rings. The quantitative estimate of drug-likeness (QED) is 0.855. The van der Waals surface area contributed by atoms with Gasteiger partial charge in [-0.2, -0.15) is 5.26 Å². The van der Waals surface area contributed by atoms with Gasteiger partial charge in [-0.25, -0.2) is 0 Å². The SMILES string of the molecule is CC1CCC(Nc2ccc(Cl)c(C#N)c2)C(C)C1. The fourth-order valence-electron chi connectivity index (χ4n) is 2.79. The molecule has 1 N–H and O–H groups in total. The first kappa shape index (κ1) is 13.2. The molecule has 0 radical (unpaired) electrons. The number of hydrogen-bond donors (Lipinski definition) is 1. The summed E-state index contributed by atoms with van der Waals surface area (Å²) in [5.74, 6) is 1.51. The molecule has 3 unspecified atom stereocenters. The van der Waals surface area contributed by atoms with Crippen LogP contribution < -0.4 is 5.32 Å². The van der Waals surface area contributed by atoms with E-state index >= 15 is 0 Å². The molecule has 3 atom stereocenters. The topological polar surface area (TPSA) is 35.8 Å². The monoisotopic (exact) mass is 262 g/mol. The van der Waals surface area contributed by atoms with Crippen molar-refractivity contribution in [3.63, 3.8) is 0 Å². The van der Waals surface area contributed by atoms with Crippen molar-refractivity contribution in [2.75, 3.05) is 5.32 Å². The maximum atomic E-state index is 8.97. The molecular weight excluding hydrogens is 244 g/mol. The van der Waals surface area contributed by atoms with E-state index in [-0.39, 0.29) is 0 Å². The van der Waals surface area contributed by atoms with E-state index in [1.54, 1.807) is 6.07 Å². The molecule has 1 aliphatic carbocycles. The average Bonchev–Trinajstić information content (AvgIpc) is 2.35. The normalized spacial score (nSPS) is 27.6. The van der Waals surface area contributed by atoms with Gasteiger partial charge < -0.3 is 5.32 Å². The van der Waals surface area contributed by atoms with Crippen LogP contribution >= 0.6 is 11.6 Å². The minimum Gasteiger partial charge on any atom is -0.382 e. The van der Waals surface area contributed by atoms with E-state index < -0.39 is 0 Å². The van der Waals surface area contributed by atoms with Gasteiger partial charge in [0.25, 0.3) is 0 Å². The molecule has 2 rings (SSSR count). The van der Waals surface area contributed by atoms with Crippen LogP contribution in [-0.4, -0.2) is 6.04 Å². The zero-order valence-electron chi connectivity index (χ0n) is 10.9. The molecule has 1 saturated carbocycles. The molecule has 1 aromatic carbocycles. The molecule has 0 bridgehead atoms. The van der Waals surface area contributed by atoms with Crippen LogP contribution in [0.3, 0.4) is 0 Å². The highest BCUT2D eigenvalue weighted by atomic mass is 35.5. The fraction of sp³-hybridized carbons (Fsp3) is 0.533. The van der Waals surface area contributed by atoms with Crippen LogP contribution in [0.1, 0.15) is 38.7 Å². The van der Waals surface area contributed by atoms with Gasteiger partial charge >= 0.3 is 0 Å². The minimum atomic E-state index is 0.508. The predicted octanol–water partition coefficient (Wildman–Crippen LogP) is 4.45. The summed E-state index contributed by atoms with van der Waals surface area (Å²) in [4.78, 5) is 0. The summed E-state index contributed by atoms with van der Waals surface area (Å²) in [6, 6.07) is 8.21. The molecule has 0 aliphatic heterocycles. The van der Waals surface area contributed by atoms with Crippen LogP contribution in [0.25, 0.3) is 0 Å². The largest absolute Gasteiger partial charge is 0.382 e. The highest BCUT2D eigenvalue weighted by Crippen LogP contribution is 2.31. The Morgan fingerprint density at radius 3 is 2.78 bits per heavy atom. The number of anilines is 1. The summed E-state index contributed by atoms with van der Waals surface area (Å²) in [5.41, 5.74) is 1.54. The van der Waals surface area contributed by atoms with E-state index in [1.807, 2.05) is 12.1 Å². The molecule has 0 spiro atoms. The number of nitrogens with one attached hydrogen (secondary N) is 1. The maximum Gasteiger partial charge on any atom is 0.101 e. The lowest BCUT2D eigenvalue weighted by Gasteiger charge is -2.33. The van der Waals surface area contributed by atoms with E-state index in [0.29, 0.717) is 22.5 Å². The number of rotatable bonds is 2. The van der Waals surface area contributed by atoms with Crippen molar-refractivity contribution >= 4 is 17.3 Å². The summed E-state index contributed by atoms with van der Waals surface area (Å²) < 4.78 is 0. The number of hydrogen-bond acceptors (Lipinski definition) is 2. The molecule has 3 heteroatoms. The second kappa shape index (κ2) is 5.63. The number of halogens is 1. The molecule has 96 valence electrons. The third kappa shape index (κ3) is 2.97. The Morgan fingerprint density at radius 1 is 1.33 bits per heavy atom. The third-order valence-corrected chi connectivity index (χ3v) is 4.20. The molecular formula is C15H19ClN2. The van der Waals surface area contributed by atoms with Crippen LogP contribution in [0.2, 0.25) is 5.02 Å². The first-order chi connectivity index (χ1) is 8.60. The molecule has 0 aromatic heterocycles. The Kier molecular flexibility index (Phi) is 4.14. The van der Waals surface area contributed by atoms with Crippen molar-refractivity contribution in [3.8, 4) is 6.07 Å². The highest BCUT2D eigenvalue weighted by Gasteiger charge is 2.25. The predicted molar refractivity (Wildman–Crippen MR) is 75.8 cm³/mol. The molecule has 18 heavy (non-hydrogen) atoms. The minimum absolute atomic E-state index is 0.508. The van der Waals surface area contributed by atoms with Crippen molar-refractivity contribution in [2.24, 2.45) is 11.8 Å². The number of nitrogens with zero attached hydrogens (tertiary/aromatic N) is 1. The zero-order valence-corrected chi connectivity index (χ0v) is 11.7. The van der Waals surface area contributed by atoms with E-state index in [9.17, 15) is 0 Å². The van der Waals surface area contributed by atoms with Crippen molar-refractivity contribution in [1.82, 2.24) is 0 Å². The van der Waals surface area contributed by atoms with Gasteiger partial charge in [-0.15, -0.1) is 0 Å². The van der Waals surface area contributed by atoms with Crippen LogP contribution in [0.5, 0.6) is 0 Å². The Hall–Kier alpha value is -1.20. The van der Waals surface area contributed by atoms with Gasteiger partial charge in [0.05, 0.1) is 10.6 Å². The molecule has 0 amide bonds. The van der Waals surface area contributed by atoms with Gasteiger partial charge in [-0.1, -0.05) is 25.4 Å². The second-order valence-corrected chi connectivity index (χ2v) is 5.86.